The second-order valence-corrected chi connectivity index (χ2v) is 6.13. The van der Waals surface area contributed by atoms with E-state index in [0.29, 0.717) is 22.4 Å². The van der Waals surface area contributed by atoms with Crippen molar-refractivity contribution in [3.63, 3.8) is 0 Å². The van der Waals surface area contributed by atoms with Gasteiger partial charge in [-0.25, -0.2) is 4.79 Å². The first-order chi connectivity index (χ1) is 13.6. The molecule has 0 atom stereocenters. The number of non-ortho nitro benzene ring substituents is 1. The Morgan fingerprint density at radius 1 is 0.821 bits per heavy atom. The SMILES string of the molecule is O=C1Oc2ccccc2/C1=C(/C(=O)c1ccccc1)c1ccc([N+](=O)[O-])cc1. The highest BCUT2D eigenvalue weighted by Crippen LogP contribution is 2.40. The van der Waals surface area contributed by atoms with Crippen molar-refractivity contribution in [3.8, 4) is 5.75 Å². The predicted molar refractivity (Wildman–Crippen MR) is 103 cm³/mol. The number of ether oxygens (including phenoxy) is 1. The van der Waals surface area contributed by atoms with Crippen LogP contribution in [0.3, 0.4) is 0 Å². The number of carbonyl (C=O) groups excluding carboxylic acids is 2. The first-order valence-electron chi connectivity index (χ1n) is 8.46. The van der Waals surface area contributed by atoms with Gasteiger partial charge in [-0.2, -0.15) is 0 Å². The van der Waals surface area contributed by atoms with Gasteiger partial charge in [-0.05, 0) is 23.8 Å². The third-order valence-corrected chi connectivity index (χ3v) is 4.44. The topological polar surface area (TPSA) is 86.5 Å². The molecule has 1 aliphatic heterocycles. The van der Waals surface area contributed by atoms with Gasteiger partial charge in [0.2, 0.25) is 0 Å². The molecule has 3 aromatic rings. The maximum absolute atomic E-state index is 13.3. The second kappa shape index (κ2) is 6.92. The number of benzene rings is 3. The van der Waals surface area contributed by atoms with E-state index in [9.17, 15) is 19.7 Å². The second-order valence-electron chi connectivity index (χ2n) is 6.13. The van der Waals surface area contributed by atoms with Gasteiger partial charge in [0.25, 0.3) is 5.69 Å². The highest BCUT2D eigenvalue weighted by molar-refractivity contribution is 6.44. The maximum atomic E-state index is 13.3. The Kier molecular flexibility index (Phi) is 4.29. The molecule has 0 aliphatic carbocycles. The number of Topliss-reactive ketones (excluding diaryl/α,β-unsaturated/α-hetero) is 1. The third kappa shape index (κ3) is 2.97. The summed E-state index contributed by atoms with van der Waals surface area (Å²) in [5.74, 6) is -0.611. The molecule has 0 bridgehead atoms. The molecule has 0 spiro atoms. The minimum atomic E-state index is -0.626. The van der Waals surface area contributed by atoms with Gasteiger partial charge in [0.1, 0.15) is 5.75 Å². The number of ketones is 1. The molecule has 0 N–H and O–H groups in total. The summed E-state index contributed by atoms with van der Waals surface area (Å²) in [6, 6.07) is 20.9. The van der Waals surface area contributed by atoms with E-state index in [4.69, 9.17) is 4.74 Å². The van der Waals surface area contributed by atoms with Crippen LogP contribution < -0.4 is 4.74 Å². The van der Waals surface area contributed by atoms with Crippen molar-refractivity contribution < 1.29 is 19.2 Å². The van der Waals surface area contributed by atoms with Crippen LogP contribution in [0.15, 0.2) is 78.9 Å². The Morgan fingerprint density at radius 3 is 2.14 bits per heavy atom. The molecule has 3 aromatic carbocycles. The zero-order valence-corrected chi connectivity index (χ0v) is 14.5. The highest BCUT2D eigenvalue weighted by atomic mass is 16.6. The van der Waals surface area contributed by atoms with Crippen LogP contribution in [0.5, 0.6) is 5.75 Å². The lowest BCUT2D eigenvalue weighted by molar-refractivity contribution is -0.384. The van der Waals surface area contributed by atoms with Crippen molar-refractivity contribution in [1.82, 2.24) is 0 Å². The van der Waals surface area contributed by atoms with Crippen LogP contribution in [0.1, 0.15) is 21.5 Å². The van der Waals surface area contributed by atoms with E-state index in [2.05, 4.69) is 0 Å². The van der Waals surface area contributed by atoms with Crippen molar-refractivity contribution in [2.45, 2.75) is 0 Å². The number of esters is 1. The molecule has 0 saturated carbocycles. The molecule has 0 saturated heterocycles. The Bertz CT molecular complexity index is 1130. The number of carbonyl (C=O) groups is 2. The average Bonchev–Trinajstić information content (AvgIpc) is 3.05. The first-order valence-corrected chi connectivity index (χ1v) is 8.46. The van der Waals surface area contributed by atoms with Crippen LogP contribution in [-0.4, -0.2) is 16.7 Å². The number of nitrogens with zero attached hydrogens (tertiary/aromatic N) is 1. The van der Waals surface area contributed by atoms with Crippen LogP contribution in [0.4, 0.5) is 5.69 Å². The number of rotatable bonds is 4. The van der Waals surface area contributed by atoms with Gasteiger partial charge in [0.15, 0.2) is 5.78 Å². The van der Waals surface area contributed by atoms with Crippen molar-refractivity contribution >= 4 is 28.6 Å². The molecule has 0 aromatic heterocycles. The number of hydrogen-bond acceptors (Lipinski definition) is 5. The van der Waals surface area contributed by atoms with Crippen molar-refractivity contribution in [1.29, 1.82) is 0 Å². The summed E-state index contributed by atoms with van der Waals surface area (Å²) in [7, 11) is 0. The van der Waals surface area contributed by atoms with Crippen molar-refractivity contribution in [2.75, 3.05) is 0 Å². The molecule has 0 unspecified atom stereocenters. The number of nitro benzene ring substituents is 1. The minimum absolute atomic E-state index is 0.102. The maximum Gasteiger partial charge on any atom is 0.345 e. The number of para-hydroxylation sites is 1. The monoisotopic (exact) mass is 371 g/mol. The van der Waals surface area contributed by atoms with Crippen LogP contribution in [0, 0.1) is 10.1 Å². The van der Waals surface area contributed by atoms with Crippen LogP contribution in [0.2, 0.25) is 0 Å². The van der Waals surface area contributed by atoms with E-state index < -0.39 is 10.9 Å². The lowest BCUT2D eigenvalue weighted by atomic mass is 9.89. The Labute approximate surface area is 159 Å². The van der Waals surface area contributed by atoms with Gasteiger partial charge in [-0.3, -0.25) is 14.9 Å². The largest absolute Gasteiger partial charge is 0.422 e. The van der Waals surface area contributed by atoms with E-state index in [-0.39, 0.29) is 22.6 Å². The Balaban J connectivity index is 1.96. The minimum Gasteiger partial charge on any atom is -0.422 e. The summed E-state index contributed by atoms with van der Waals surface area (Å²) in [5, 5.41) is 11.0. The zero-order chi connectivity index (χ0) is 19.7. The molecule has 136 valence electrons. The van der Waals surface area contributed by atoms with Crippen LogP contribution in [0.25, 0.3) is 11.1 Å². The highest BCUT2D eigenvalue weighted by Gasteiger charge is 2.33. The summed E-state index contributed by atoms with van der Waals surface area (Å²) < 4.78 is 5.31. The fourth-order valence-corrected chi connectivity index (χ4v) is 3.13. The van der Waals surface area contributed by atoms with Crippen LogP contribution in [-0.2, 0) is 4.79 Å². The molecule has 4 rings (SSSR count). The predicted octanol–water partition coefficient (Wildman–Crippen LogP) is 4.31. The molecule has 6 nitrogen and oxygen atoms in total. The van der Waals surface area contributed by atoms with Gasteiger partial charge in [-0.1, -0.05) is 48.5 Å². The summed E-state index contributed by atoms with van der Waals surface area (Å²) >= 11 is 0. The normalized spacial score (nSPS) is 14.2. The van der Waals surface area contributed by atoms with E-state index >= 15 is 0 Å². The smallest absolute Gasteiger partial charge is 0.345 e. The Morgan fingerprint density at radius 2 is 1.46 bits per heavy atom. The van der Waals surface area contributed by atoms with Gasteiger partial charge in [0.05, 0.1) is 10.5 Å². The molecule has 6 heteroatoms. The summed E-state index contributed by atoms with van der Waals surface area (Å²) in [6.07, 6.45) is 0. The average molecular weight is 371 g/mol. The van der Waals surface area contributed by atoms with Crippen molar-refractivity contribution in [3.05, 3.63) is 106 Å². The van der Waals surface area contributed by atoms with Gasteiger partial charge in [-0.15, -0.1) is 0 Å². The molecule has 28 heavy (non-hydrogen) atoms. The number of fused-ring (bicyclic) bond motifs is 1. The summed E-state index contributed by atoms with van der Waals surface area (Å²) in [5.41, 5.74) is 1.53. The fraction of sp³-hybridized carbons (Fsp3) is 0. The van der Waals surface area contributed by atoms with E-state index in [0.717, 1.165) is 0 Å². The molecule has 0 amide bonds. The fourth-order valence-electron chi connectivity index (χ4n) is 3.13. The molecule has 1 heterocycles. The number of allylic oxidation sites excluding steroid dienone is 1. The lowest BCUT2D eigenvalue weighted by Crippen LogP contribution is -2.10. The quantitative estimate of drug-likeness (QED) is 0.170. The molecule has 0 fully saturated rings. The van der Waals surface area contributed by atoms with E-state index in [1.807, 2.05) is 0 Å². The molecular formula is C22H13NO5. The number of nitro groups is 1. The van der Waals surface area contributed by atoms with E-state index in [1.54, 1.807) is 54.6 Å². The van der Waals surface area contributed by atoms with Crippen LogP contribution >= 0.6 is 0 Å². The van der Waals surface area contributed by atoms with Gasteiger partial charge >= 0.3 is 5.97 Å². The van der Waals surface area contributed by atoms with Gasteiger partial charge < -0.3 is 4.74 Å². The standard InChI is InChI=1S/C22H13NO5/c24-21(15-6-2-1-3-7-15)19(14-10-12-16(13-11-14)23(26)27)20-17-8-4-5-9-18(17)28-22(20)25/h1-13H/b20-19-. The molecule has 1 aliphatic rings. The van der Waals surface area contributed by atoms with E-state index in [1.165, 1.54) is 24.3 Å². The summed E-state index contributed by atoms with van der Waals surface area (Å²) in [4.78, 5) is 36.4. The molecule has 0 radical (unpaired) electrons. The van der Waals surface area contributed by atoms with Gasteiger partial charge in [0, 0.05) is 28.8 Å². The molecular weight excluding hydrogens is 358 g/mol. The lowest BCUT2D eigenvalue weighted by Gasteiger charge is -2.10. The first kappa shape index (κ1) is 17.4. The van der Waals surface area contributed by atoms with Crippen molar-refractivity contribution in [2.24, 2.45) is 0 Å². The Hall–Kier alpha value is -4.06. The third-order valence-electron chi connectivity index (χ3n) is 4.44. The number of hydrogen-bond donors (Lipinski definition) is 0. The summed E-state index contributed by atoms with van der Waals surface area (Å²) in [6.45, 7) is 0. The zero-order valence-electron chi connectivity index (χ0n) is 14.5.